The van der Waals surface area contributed by atoms with Crippen LogP contribution in [-0.4, -0.2) is 25.8 Å². The Morgan fingerprint density at radius 3 is 2.56 bits per heavy atom. The Morgan fingerprint density at radius 2 is 2.06 bits per heavy atom. The van der Waals surface area contributed by atoms with E-state index >= 15 is 0 Å². The number of rotatable bonds is 5. The van der Waals surface area contributed by atoms with Gasteiger partial charge in [-0.05, 0) is 32.9 Å². The SMILES string of the molecule is CCOc1cc(C(=O)OC)cc(Cl)c1OC(C)C. The molecule has 1 rings (SSSR count). The molecule has 100 valence electrons. The average molecular weight is 273 g/mol. The zero-order valence-electron chi connectivity index (χ0n) is 11.0. The van der Waals surface area contributed by atoms with Crippen molar-refractivity contribution < 1.29 is 19.0 Å². The molecule has 0 fully saturated rings. The molecule has 0 heterocycles. The highest BCUT2D eigenvalue weighted by atomic mass is 35.5. The van der Waals surface area contributed by atoms with Crippen LogP contribution in [0.2, 0.25) is 5.02 Å². The number of methoxy groups -OCH3 is 1. The molecule has 0 spiro atoms. The fraction of sp³-hybridized carbons (Fsp3) is 0.462. The largest absolute Gasteiger partial charge is 0.490 e. The summed E-state index contributed by atoms with van der Waals surface area (Å²) in [5, 5.41) is 0.329. The Kier molecular flexibility index (Phi) is 5.28. The molecule has 4 nitrogen and oxygen atoms in total. The second-order valence-corrected chi connectivity index (χ2v) is 4.28. The highest BCUT2D eigenvalue weighted by Gasteiger charge is 2.17. The van der Waals surface area contributed by atoms with Crippen molar-refractivity contribution >= 4 is 17.6 Å². The summed E-state index contributed by atoms with van der Waals surface area (Å²) in [5.41, 5.74) is 0.335. The third-order valence-electron chi connectivity index (χ3n) is 2.08. The van der Waals surface area contributed by atoms with Gasteiger partial charge in [-0.3, -0.25) is 0 Å². The van der Waals surface area contributed by atoms with Crippen LogP contribution >= 0.6 is 11.6 Å². The van der Waals surface area contributed by atoms with Gasteiger partial charge in [0, 0.05) is 0 Å². The smallest absolute Gasteiger partial charge is 0.338 e. The molecule has 0 saturated heterocycles. The lowest BCUT2D eigenvalue weighted by Crippen LogP contribution is -2.09. The molecular formula is C13H17ClO4. The van der Waals surface area contributed by atoms with Gasteiger partial charge in [0.05, 0.1) is 30.4 Å². The molecule has 0 aromatic heterocycles. The lowest BCUT2D eigenvalue weighted by Gasteiger charge is -2.16. The van der Waals surface area contributed by atoms with Gasteiger partial charge in [0.2, 0.25) is 0 Å². The Labute approximate surface area is 112 Å². The lowest BCUT2D eigenvalue weighted by atomic mass is 10.2. The molecule has 0 radical (unpaired) electrons. The molecule has 1 aromatic carbocycles. The van der Waals surface area contributed by atoms with E-state index in [1.54, 1.807) is 6.07 Å². The van der Waals surface area contributed by atoms with Gasteiger partial charge in [0.15, 0.2) is 11.5 Å². The molecule has 0 saturated carbocycles. The van der Waals surface area contributed by atoms with Crippen molar-refractivity contribution in [3.05, 3.63) is 22.7 Å². The molecule has 0 atom stereocenters. The zero-order chi connectivity index (χ0) is 13.7. The predicted molar refractivity (Wildman–Crippen MR) is 69.7 cm³/mol. The first-order chi connectivity index (χ1) is 8.49. The van der Waals surface area contributed by atoms with E-state index in [1.165, 1.54) is 13.2 Å². The fourth-order valence-electron chi connectivity index (χ4n) is 1.42. The molecule has 0 unspecified atom stereocenters. The van der Waals surface area contributed by atoms with Crippen molar-refractivity contribution in [2.45, 2.75) is 26.9 Å². The second-order valence-electron chi connectivity index (χ2n) is 3.88. The Morgan fingerprint density at radius 1 is 1.39 bits per heavy atom. The number of esters is 1. The van der Waals surface area contributed by atoms with Crippen LogP contribution in [0.25, 0.3) is 0 Å². The molecule has 1 aromatic rings. The van der Waals surface area contributed by atoms with Gasteiger partial charge >= 0.3 is 5.97 Å². The third-order valence-corrected chi connectivity index (χ3v) is 2.36. The molecule has 0 aliphatic carbocycles. The number of ether oxygens (including phenoxy) is 3. The number of hydrogen-bond acceptors (Lipinski definition) is 4. The van der Waals surface area contributed by atoms with Crippen LogP contribution in [0.5, 0.6) is 11.5 Å². The highest BCUT2D eigenvalue weighted by Crippen LogP contribution is 2.37. The monoisotopic (exact) mass is 272 g/mol. The van der Waals surface area contributed by atoms with Gasteiger partial charge in [0.25, 0.3) is 0 Å². The first-order valence-electron chi connectivity index (χ1n) is 5.70. The summed E-state index contributed by atoms with van der Waals surface area (Å²) >= 11 is 6.10. The van der Waals surface area contributed by atoms with Crippen molar-refractivity contribution in [1.82, 2.24) is 0 Å². The summed E-state index contributed by atoms with van der Waals surface area (Å²) in [6, 6.07) is 3.08. The first kappa shape index (κ1) is 14.6. The summed E-state index contributed by atoms with van der Waals surface area (Å²) in [4.78, 5) is 11.5. The van der Waals surface area contributed by atoms with Crippen molar-refractivity contribution in [2.75, 3.05) is 13.7 Å². The van der Waals surface area contributed by atoms with E-state index in [0.717, 1.165) is 0 Å². The molecule has 0 bridgehead atoms. The second kappa shape index (κ2) is 6.50. The van der Waals surface area contributed by atoms with E-state index in [2.05, 4.69) is 4.74 Å². The summed E-state index contributed by atoms with van der Waals surface area (Å²) in [6.07, 6.45) is -0.0364. The average Bonchev–Trinajstić information content (AvgIpc) is 2.32. The number of halogens is 1. The predicted octanol–water partition coefficient (Wildman–Crippen LogP) is 3.31. The minimum atomic E-state index is -0.464. The Balaban J connectivity index is 3.21. The Bertz CT molecular complexity index is 429. The van der Waals surface area contributed by atoms with Crippen LogP contribution in [0, 0.1) is 0 Å². The molecule has 5 heteroatoms. The van der Waals surface area contributed by atoms with Crippen LogP contribution in [0.4, 0.5) is 0 Å². The number of carbonyl (C=O) groups excluding carboxylic acids is 1. The Hall–Kier alpha value is -1.42. The maximum atomic E-state index is 11.5. The summed E-state index contributed by atoms with van der Waals surface area (Å²) in [6.45, 7) is 6.08. The van der Waals surface area contributed by atoms with E-state index in [1.807, 2.05) is 20.8 Å². The fourth-order valence-corrected chi connectivity index (χ4v) is 1.67. The van der Waals surface area contributed by atoms with Gasteiger partial charge < -0.3 is 14.2 Å². The lowest BCUT2D eigenvalue weighted by molar-refractivity contribution is 0.0600. The van der Waals surface area contributed by atoms with Crippen LogP contribution in [0.1, 0.15) is 31.1 Å². The van der Waals surface area contributed by atoms with Crippen molar-refractivity contribution in [3.63, 3.8) is 0 Å². The van der Waals surface area contributed by atoms with Crippen molar-refractivity contribution in [2.24, 2.45) is 0 Å². The number of hydrogen-bond donors (Lipinski definition) is 0. The minimum Gasteiger partial charge on any atom is -0.490 e. The first-order valence-corrected chi connectivity index (χ1v) is 6.08. The molecular weight excluding hydrogens is 256 g/mol. The van der Waals surface area contributed by atoms with Gasteiger partial charge in [-0.2, -0.15) is 0 Å². The third kappa shape index (κ3) is 3.53. The van der Waals surface area contributed by atoms with Gasteiger partial charge in [0.1, 0.15) is 0 Å². The van der Waals surface area contributed by atoms with Gasteiger partial charge in [-0.15, -0.1) is 0 Å². The van der Waals surface area contributed by atoms with E-state index in [0.29, 0.717) is 28.7 Å². The molecule has 18 heavy (non-hydrogen) atoms. The molecule has 0 aliphatic rings. The number of benzene rings is 1. The van der Waals surface area contributed by atoms with Crippen LogP contribution < -0.4 is 9.47 Å². The quantitative estimate of drug-likeness (QED) is 0.772. The van der Waals surface area contributed by atoms with Gasteiger partial charge in [-0.25, -0.2) is 4.79 Å². The molecule has 0 amide bonds. The van der Waals surface area contributed by atoms with E-state index in [4.69, 9.17) is 21.1 Å². The van der Waals surface area contributed by atoms with E-state index in [-0.39, 0.29) is 6.10 Å². The normalized spacial score (nSPS) is 10.3. The minimum absolute atomic E-state index is 0.0364. The standard InChI is InChI=1S/C13H17ClO4/c1-5-17-11-7-9(13(15)16-4)6-10(14)12(11)18-8(2)3/h6-8H,5H2,1-4H3. The van der Waals surface area contributed by atoms with Crippen LogP contribution in [0.3, 0.4) is 0 Å². The number of carbonyl (C=O) groups is 1. The van der Waals surface area contributed by atoms with Crippen molar-refractivity contribution in [1.29, 1.82) is 0 Å². The van der Waals surface area contributed by atoms with Crippen LogP contribution in [0.15, 0.2) is 12.1 Å². The van der Waals surface area contributed by atoms with E-state index < -0.39 is 5.97 Å². The highest BCUT2D eigenvalue weighted by molar-refractivity contribution is 6.32. The maximum Gasteiger partial charge on any atom is 0.338 e. The topological polar surface area (TPSA) is 44.8 Å². The zero-order valence-corrected chi connectivity index (χ0v) is 11.7. The molecule has 0 aliphatic heterocycles. The maximum absolute atomic E-state index is 11.5. The summed E-state index contributed by atoms with van der Waals surface area (Å²) < 4.78 is 15.7. The van der Waals surface area contributed by atoms with E-state index in [9.17, 15) is 4.79 Å². The molecule has 0 N–H and O–H groups in total. The van der Waals surface area contributed by atoms with Crippen LogP contribution in [-0.2, 0) is 4.74 Å². The summed E-state index contributed by atoms with van der Waals surface area (Å²) in [7, 11) is 1.31. The van der Waals surface area contributed by atoms with Gasteiger partial charge in [-0.1, -0.05) is 11.6 Å². The summed E-state index contributed by atoms with van der Waals surface area (Å²) in [5.74, 6) is 0.425. The van der Waals surface area contributed by atoms with Crippen molar-refractivity contribution in [3.8, 4) is 11.5 Å².